The van der Waals surface area contributed by atoms with Crippen molar-refractivity contribution >= 4 is 29.5 Å². The summed E-state index contributed by atoms with van der Waals surface area (Å²) in [6, 6.07) is 4.41. The Morgan fingerprint density at radius 2 is 1.86 bits per heavy atom. The van der Waals surface area contributed by atoms with Crippen LogP contribution in [0.2, 0.25) is 5.02 Å². The van der Waals surface area contributed by atoms with E-state index in [1.54, 1.807) is 18.2 Å². The summed E-state index contributed by atoms with van der Waals surface area (Å²) < 4.78 is 0. The predicted molar refractivity (Wildman–Crippen MR) is 106 cm³/mol. The van der Waals surface area contributed by atoms with Crippen LogP contribution in [0.4, 0.5) is 4.79 Å². The van der Waals surface area contributed by atoms with Crippen LogP contribution in [-0.4, -0.2) is 51.2 Å². The quantitative estimate of drug-likeness (QED) is 0.557. The van der Waals surface area contributed by atoms with Gasteiger partial charge >= 0.3 is 6.09 Å². The lowest BCUT2D eigenvalue weighted by Crippen LogP contribution is -2.50. The van der Waals surface area contributed by atoms with Crippen LogP contribution < -0.4 is 10.6 Å². The molecule has 158 valence electrons. The van der Waals surface area contributed by atoms with E-state index in [1.165, 1.54) is 4.90 Å². The van der Waals surface area contributed by atoms with Gasteiger partial charge in [0.05, 0.1) is 0 Å². The maximum atomic E-state index is 12.8. The number of carbonyl (C=O) groups is 3. The Labute approximate surface area is 174 Å². The van der Waals surface area contributed by atoms with Crippen molar-refractivity contribution in [3.05, 3.63) is 34.3 Å². The number of nitrogens with zero attached hydrogens (tertiary/aromatic N) is 1. The Morgan fingerprint density at radius 3 is 2.48 bits per heavy atom. The van der Waals surface area contributed by atoms with Gasteiger partial charge in [0.15, 0.2) is 0 Å². The van der Waals surface area contributed by atoms with Crippen LogP contribution in [0.25, 0.3) is 0 Å². The standard InChI is InChI=1S/C20H26ClN3O5/c1-19(2)11-20(19,29)17(26)24-7-3-4-15(24)16(25)22-10-13-8-14(21)6-5-12(13)9-23-18(27)28/h5-6,8,15,23,29H,3-4,7,9-11H2,1-2H3,(H,22,25)(H,27,28)/t15-,20-/m0/s1. The first-order valence-corrected chi connectivity index (χ1v) is 9.98. The summed E-state index contributed by atoms with van der Waals surface area (Å²) in [5.41, 5.74) is -0.470. The molecule has 1 aliphatic carbocycles. The number of halogens is 1. The van der Waals surface area contributed by atoms with Gasteiger partial charge in [-0.05, 0) is 42.5 Å². The molecule has 1 aliphatic heterocycles. The third-order valence-corrected chi connectivity index (χ3v) is 6.15. The van der Waals surface area contributed by atoms with E-state index in [9.17, 15) is 19.5 Å². The summed E-state index contributed by atoms with van der Waals surface area (Å²) in [6.07, 6.45) is 0.491. The zero-order valence-corrected chi connectivity index (χ0v) is 17.3. The van der Waals surface area contributed by atoms with Crippen LogP contribution in [0.5, 0.6) is 0 Å². The summed E-state index contributed by atoms with van der Waals surface area (Å²) in [5.74, 6) is -0.677. The first-order valence-electron chi connectivity index (χ1n) is 9.60. The lowest BCUT2D eigenvalue weighted by Gasteiger charge is -2.27. The number of aliphatic hydroxyl groups is 1. The summed E-state index contributed by atoms with van der Waals surface area (Å²) >= 11 is 6.04. The third kappa shape index (κ3) is 4.33. The molecule has 8 nitrogen and oxygen atoms in total. The SMILES string of the molecule is CC1(C)C[C@]1(O)C(=O)N1CCC[C@H]1C(=O)NCc1cc(Cl)ccc1CNC(=O)O. The minimum Gasteiger partial charge on any atom is -0.465 e. The van der Waals surface area contributed by atoms with Crippen molar-refractivity contribution in [3.63, 3.8) is 0 Å². The van der Waals surface area contributed by atoms with Crippen molar-refractivity contribution in [2.45, 2.75) is 57.8 Å². The number of nitrogens with one attached hydrogen (secondary N) is 2. The second kappa shape index (κ2) is 7.84. The highest BCUT2D eigenvalue weighted by molar-refractivity contribution is 6.30. The largest absolute Gasteiger partial charge is 0.465 e. The molecule has 4 N–H and O–H groups in total. The molecule has 29 heavy (non-hydrogen) atoms. The van der Waals surface area contributed by atoms with Crippen LogP contribution in [0, 0.1) is 5.41 Å². The van der Waals surface area contributed by atoms with E-state index in [-0.39, 0.29) is 24.9 Å². The van der Waals surface area contributed by atoms with Crippen molar-refractivity contribution in [1.82, 2.24) is 15.5 Å². The number of hydrogen-bond acceptors (Lipinski definition) is 4. The van der Waals surface area contributed by atoms with Gasteiger partial charge in [0.1, 0.15) is 11.6 Å². The number of carbonyl (C=O) groups excluding carboxylic acids is 2. The molecule has 1 saturated heterocycles. The van der Waals surface area contributed by atoms with E-state index in [1.807, 2.05) is 13.8 Å². The van der Waals surface area contributed by atoms with E-state index < -0.39 is 23.2 Å². The Balaban J connectivity index is 1.65. The van der Waals surface area contributed by atoms with Crippen LogP contribution in [0.15, 0.2) is 18.2 Å². The molecule has 1 saturated carbocycles. The van der Waals surface area contributed by atoms with E-state index >= 15 is 0 Å². The molecule has 1 aromatic rings. The van der Waals surface area contributed by atoms with Gasteiger partial charge in [-0.1, -0.05) is 31.5 Å². The normalized spacial score (nSPS) is 24.8. The minimum absolute atomic E-state index is 0.0911. The maximum absolute atomic E-state index is 12.8. The lowest BCUT2D eigenvalue weighted by molar-refractivity contribution is -0.149. The summed E-state index contributed by atoms with van der Waals surface area (Å²) in [4.78, 5) is 37.8. The highest BCUT2D eigenvalue weighted by atomic mass is 35.5. The zero-order valence-electron chi connectivity index (χ0n) is 16.5. The number of amides is 3. The Hall–Kier alpha value is -2.32. The number of carboxylic acid groups (broad SMARTS) is 1. The summed E-state index contributed by atoms with van der Waals surface area (Å²) in [5, 5.41) is 25.0. The molecule has 0 aromatic heterocycles. The smallest absolute Gasteiger partial charge is 0.404 e. The van der Waals surface area contributed by atoms with E-state index in [0.29, 0.717) is 42.0 Å². The third-order valence-electron chi connectivity index (χ3n) is 5.91. The molecule has 2 fully saturated rings. The molecule has 9 heteroatoms. The minimum atomic E-state index is -1.39. The Kier molecular flexibility index (Phi) is 5.78. The van der Waals surface area contributed by atoms with Gasteiger partial charge in [0, 0.05) is 30.1 Å². The van der Waals surface area contributed by atoms with Crippen LogP contribution in [0.3, 0.4) is 0 Å². The predicted octanol–water partition coefficient (Wildman–Crippen LogP) is 1.88. The molecular formula is C20H26ClN3O5. The highest BCUT2D eigenvalue weighted by Gasteiger charge is 2.67. The Bertz CT molecular complexity index is 843. The van der Waals surface area contributed by atoms with Crippen molar-refractivity contribution in [3.8, 4) is 0 Å². The molecule has 1 aromatic carbocycles. The van der Waals surface area contributed by atoms with Gasteiger partial charge in [0.25, 0.3) is 5.91 Å². The van der Waals surface area contributed by atoms with Crippen LogP contribution in [-0.2, 0) is 22.7 Å². The molecule has 3 amide bonds. The molecular weight excluding hydrogens is 398 g/mol. The van der Waals surface area contributed by atoms with Gasteiger partial charge in [-0.15, -0.1) is 0 Å². The van der Waals surface area contributed by atoms with Gasteiger partial charge in [-0.3, -0.25) is 9.59 Å². The lowest BCUT2D eigenvalue weighted by atomic mass is 10.1. The first-order chi connectivity index (χ1) is 13.5. The average Bonchev–Trinajstić information content (AvgIpc) is 2.99. The fourth-order valence-corrected chi connectivity index (χ4v) is 4.08. The summed E-state index contributed by atoms with van der Waals surface area (Å²) in [7, 11) is 0. The fourth-order valence-electron chi connectivity index (χ4n) is 3.88. The van der Waals surface area contributed by atoms with Gasteiger partial charge in [-0.2, -0.15) is 0 Å². The average molecular weight is 424 g/mol. The van der Waals surface area contributed by atoms with E-state index in [2.05, 4.69) is 10.6 Å². The first kappa shape index (κ1) is 21.4. The number of likely N-dealkylation sites (tertiary alicyclic amines) is 1. The topological polar surface area (TPSA) is 119 Å². The summed E-state index contributed by atoms with van der Waals surface area (Å²) in [6.45, 7) is 4.36. The van der Waals surface area contributed by atoms with Gasteiger partial charge in [0.2, 0.25) is 5.91 Å². The highest BCUT2D eigenvalue weighted by Crippen LogP contribution is 2.56. The molecule has 1 heterocycles. The second-order valence-electron chi connectivity index (χ2n) is 8.37. The van der Waals surface area contributed by atoms with Crippen molar-refractivity contribution in [1.29, 1.82) is 0 Å². The Morgan fingerprint density at radius 1 is 1.21 bits per heavy atom. The van der Waals surface area contributed by atoms with Gasteiger partial charge < -0.3 is 25.7 Å². The molecule has 2 aliphatic rings. The number of benzene rings is 1. The molecule has 2 atom stereocenters. The monoisotopic (exact) mass is 423 g/mol. The molecule has 0 bridgehead atoms. The molecule has 0 radical (unpaired) electrons. The fraction of sp³-hybridized carbons (Fsp3) is 0.550. The van der Waals surface area contributed by atoms with Crippen molar-refractivity contribution in [2.24, 2.45) is 5.41 Å². The molecule has 0 unspecified atom stereocenters. The maximum Gasteiger partial charge on any atom is 0.404 e. The van der Waals surface area contributed by atoms with Gasteiger partial charge in [-0.25, -0.2) is 4.79 Å². The van der Waals surface area contributed by atoms with Crippen molar-refractivity contribution in [2.75, 3.05) is 6.54 Å². The molecule has 0 spiro atoms. The number of rotatable bonds is 6. The zero-order chi connectivity index (χ0) is 21.4. The number of hydrogen-bond donors (Lipinski definition) is 4. The van der Waals surface area contributed by atoms with Crippen LogP contribution >= 0.6 is 11.6 Å². The van der Waals surface area contributed by atoms with Crippen LogP contribution in [0.1, 0.15) is 44.2 Å². The molecule has 3 rings (SSSR count). The van der Waals surface area contributed by atoms with E-state index in [0.717, 1.165) is 0 Å². The van der Waals surface area contributed by atoms with E-state index in [4.69, 9.17) is 16.7 Å². The van der Waals surface area contributed by atoms with Crippen molar-refractivity contribution < 1.29 is 24.6 Å². The second-order valence-corrected chi connectivity index (χ2v) is 8.80.